The Morgan fingerprint density at radius 3 is 2.82 bits per heavy atom. The van der Waals surface area contributed by atoms with Crippen molar-refractivity contribution in [3.63, 3.8) is 0 Å². The van der Waals surface area contributed by atoms with E-state index in [1.807, 2.05) is 18.6 Å². The van der Waals surface area contributed by atoms with Crippen molar-refractivity contribution in [3.05, 3.63) is 59.9 Å². The van der Waals surface area contributed by atoms with Crippen molar-refractivity contribution in [3.8, 4) is 0 Å². The lowest BCUT2D eigenvalue weighted by Gasteiger charge is -2.28. The quantitative estimate of drug-likeness (QED) is 0.660. The number of benzene rings is 2. The normalized spacial score (nSPS) is 16.0. The molecule has 0 amide bonds. The van der Waals surface area contributed by atoms with Gasteiger partial charge in [0.05, 0.1) is 12.0 Å². The van der Waals surface area contributed by atoms with Gasteiger partial charge < -0.3 is 4.90 Å². The van der Waals surface area contributed by atoms with E-state index in [1.54, 1.807) is 0 Å². The number of allylic oxidation sites excluding steroid dienone is 1. The van der Waals surface area contributed by atoms with E-state index in [0.29, 0.717) is 0 Å². The summed E-state index contributed by atoms with van der Waals surface area (Å²) >= 11 is 0. The van der Waals surface area contributed by atoms with Gasteiger partial charge in [-0.1, -0.05) is 30.3 Å². The first-order valence-corrected chi connectivity index (χ1v) is 5.66. The molecule has 2 heterocycles. The van der Waals surface area contributed by atoms with Gasteiger partial charge in [0.15, 0.2) is 0 Å². The fourth-order valence-corrected chi connectivity index (χ4v) is 2.52. The number of hydrogen-bond donors (Lipinski definition) is 0. The van der Waals surface area contributed by atoms with Gasteiger partial charge in [-0.15, -0.1) is 0 Å². The fraction of sp³-hybridized carbons (Fsp3) is 0. The maximum atomic E-state index is 4.20. The molecule has 0 saturated carbocycles. The van der Waals surface area contributed by atoms with E-state index in [1.165, 1.54) is 27.7 Å². The molecule has 0 radical (unpaired) electrons. The molecule has 2 aromatic rings. The van der Waals surface area contributed by atoms with Crippen LogP contribution < -0.4 is 4.90 Å². The van der Waals surface area contributed by atoms with Crippen LogP contribution in [-0.4, -0.2) is 6.34 Å². The van der Waals surface area contributed by atoms with Crippen molar-refractivity contribution in [2.24, 2.45) is 4.99 Å². The summed E-state index contributed by atoms with van der Waals surface area (Å²) in [5.41, 5.74) is 3.67. The van der Waals surface area contributed by atoms with Crippen molar-refractivity contribution in [1.29, 1.82) is 0 Å². The van der Waals surface area contributed by atoms with Crippen LogP contribution >= 0.6 is 0 Å². The van der Waals surface area contributed by atoms with Crippen LogP contribution in [0.3, 0.4) is 0 Å². The molecule has 2 aromatic carbocycles. The lowest BCUT2D eigenvalue weighted by atomic mass is 9.97. The van der Waals surface area contributed by atoms with Crippen LogP contribution in [0.25, 0.3) is 16.8 Å². The van der Waals surface area contributed by atoms with Crippen LogP contribution in [0.1, 0.15) is 5.56 Å². The molecule has 0 aromatic heterocycles. The number of nitrogens with zero attached hydrogens (tertiary/aromatic N) is 2. The number of hydrogen-bond acceptors (Lipinski definition) is 2. The Morgan fingerprint density at radius 2 is 1.88 bits per heavy atom. The topological polar surface area (TPSA) is 15.6 Å². The Bertz CT molecular complexity index is 703. The van der Waals surface area contributed by atoms with Crippen molar-refractivity contribution < 1.29 is 0 Å². The molecule has 0 N–H and O–H groups in total. The molecule has 2 heteroatoms. The molecular weight excluding hydrogens is 208 g/mol. The molecule has 0 aliphatic carbocycles. The van der Waals surface area contributed by atoms with Crippen LogP contribution in [-0.2, 0) is 0 Å². The molecule has 0 spiro atoms. The average molecular weight is 218 g/mol. The zero-order valence-corrected chi connectivity index (χ0v) is 9.17. The minimum Gasteiger partial charge on any atom is -0.300 e. The minimum absolute atomic E-state index is 1.17. The van der Waals surface area contributed by atoms with Crippen LogP contribution in [0.15, 0.2) is 59.4 Å². The fourth-order valence-electron chi connectivity index (χ4n) is 2.52. The van der Waals surface area contributed by atoms with E-state index < -0.39 is 0 Å². The van der Waals surface area contributed by atoms with E-state index >= 15 is 0 Å². The van der Waals surface area contributed by atoms with Gasteiger partial charge in [-0.25, -0.2) is 4.99 Å². The van der Waals surface area contributed by atoms with Crippen molar-refractivity contribution >= 4 is 28.9 Å². The standard InChI is InChI=1S/C15H10N2/c1-3-11-4-2-6-14-15(11)12(5-1)9-13-7-8-16-10-17(13)14/h1-10H. The van der Waals surface area contributed by atoms with Crippen molar-refractivity contribution in [1.82, 2.24) is 0 Å². The second kappa shape index (κ2) is 3.08. The maximum Gasteiger partial charge on any atom is 0.0995 e. The molecule has 0 saturated heterocycles. The summed E-state index contributed by atoms with van der Waals surface area (Å²) in [4.78, 5) is 6.34. The third kappa shape index (κ3) is 1.12. The van der Waals surface area contributed by atoms with Crippen LogP contribution in [0, 0.1) is 0 Å². The van der Waals surface area contributed by atoms with Crippen molar-refractivity contribution in [2.75, 3.05) is 4.90 Å². The van der Waals surface area contributed by atoms with Crippen molar-refractivity contribution in [2.45, 2.75) is 0 Å². The molecule has 80 valence electrons. The number of fused-ring (bicyclic) bond motifs is 2. The smallest absolute Gasteiger partial charge is 0.0995 e. The number of aliphatic imine (C=N–C) groups is 1. The zero-order chi connectivity index (χ0) is 11.2. The molecular formula is C15H10N2. The second-order valence-electron chi connectivity index (χ2n) is 4.24. The Kier molecular flexibility index (Phi) is 1.59. The average Bonchev–Trinajstić information content (AvgIpc) is 2.39. The summed E-state index contributed by atoms with van der Waals surface area (Å²) in [5.74, 6) is 0. The SMILES string of the molecule is C1=CC2=Cc3cccc4cccc(c34)N2C=N1. The summed E-state index contributed by atoms with van der Waals surface area (Å²) < 4.78 is 0. The molecule has 0 fully saturated rings. The molecule has 2 aliphatic heterocycles. The highest BCUT2D eigenvalue weighted by Gasteiger charge is 2.19. The molecule has 0 bridgehead atoms. The zero-order valence-electron chi connectivity index (χ0n) is 9.17. The summed E-state index contributed by atoms with van der Waals surface area (Å²) in [5, 5.41) is 2.58. The molecule has 17 heavy (non-hydrogen) atoms. The summed E-state index contributed by atoms with van der Waals surface area (Å²) in [6.45, 7) is 0. The van der Waals surface area contributed by atoms with Gasteiger partial charge in [0.25, 0.3) is 0 Å². The van der Waals surface area contributed by atoms with Gasteiger partial charge >= 0.3 is 0 Å². The van der Waals surface area contributed by atoms with Gasteiger partial charge in [-0.3, -0.25) is 0 Å². The highest BCUT2D eigenvalue weighted by atomic mass is 15.2. The molecule has 2 nitrogen and oxygen atoms in total. The second-order valence-corrected chi connectivity index (χ2v) is 4.24. The highest BCUT2D eigenvalue weighted by Crippen LogP contribution is 2.37. The maximum absolute atomic E-state index is 4.20. The molecule has 2 aliphatic rings. The highest BCUT2D eigenvalue weighted by molar-refractivity contribution is 6.09. The van der Waals surface area contributed by atoms with Gasteiger partial charge in [0, 0.05) is 17.3 Å². The van der Waals surface area contributed by atoms with Gasteiger partial charge in [-0.05, 0) is 29.2 Å². The van der Waals surface area contributed by atoms with Gasteiger partial charge in [0.2, 0.25) is 0 Å². The first-order chi connectivity index (χ1) is 8.43. The van der Waals surface area contributed by atoms with E-state index in [-0.39, 0.29) is 0 Å². The predicted molar refractivity (Wildman–Crippen MR) is 72.0 cm³/mol. The third-order valence-corrected chi connectivity index (χ3v) is 3.27. The van der Waals surface area contributed by atoms with Crippen LogP contribution in [0.2, 0.25) is 0 Å². The monoisotopic (exact) mass is 218 g/mol. The number of rotatable bonds is 0. The van der Waals surface area contributed by atoms with E-state index in [4.69, 9.17) is 0 Å². The predicted octanol–water partition coefficient (Wildman–Crippen LogP) is 3.56. The van der Waals surface area contributed by atoms with Gasteiger partial charge in [0.1, 0.15) is 0 Å². The third-order valence-electron chi connectivity index (χ3n) is 3.27. The molecule has 4 rings (SSSR count). The summed E-state index contributed by atoms with van der Waals surface area (Å²) in [6.07, 6.45) is 7.94. The largest absolute Gasteiger partial charge is 0.300 e. The Hall–Kier alpha value is -2.35. The van der Waals surface area contributed by atoms with Crippen LogP contribution in [0.4, 0.5) is 5.69 Å². The minimum atomic E-state index is 1.17. The Balaban J connectivity index is 2.16. The summed E-state index contributed by atoms with van der Waals surface area (Å²) in [7, 11) is 0. The van der Waals surface area contributed by atoms with Gasteiger partial charge in [-0.2, -0.15) is 0 Å². The lowest BCUT2D eigenvalue weighted by Crippen LogP contribution is -2.23. The van der Waals surface area contributed by atoms with E-state index in [2.05, 4.69) is 52.4 Å². The Labute approximate surface area is 99.2 Å². The number of anilines is 1. The molecule has 0 unspecified atom stereocenters. The first-order valence-electron chi connectivity index (χ1n) is 5.66. The van der Waals surface area contributed by atoms with E-state index in [0.717, 1.165) is 0 Å². The first kappa shape index (κ1) is 8.76. The van der Waals surface area contributed by atoms with Crippen LogP contribution in [0.5, 0.6) is 0 Å². The summed E-state index contributed by atoms with van der Waals surface area (Å²) in [6, 6.07) is 12.8. The van der Waals surface area contributed by atoms with E-state index in [9.17, 15) is 0 Å². The Morgan fingerprint density at radius 1 is 1.00 bits per heavy atom. The molecule has 0 atom stereocenters. The lowest BCUT2D eigenvalue weighted by molar-refractivity contribution is 1.26.